The molecule has 2 aromatic rings. The summed E-state index contributed by atoms with van der Waals surface area (Å²) in [6.07, 6.45) is 3.53. The van der Waals surface area contributed by atoms with E-state index in [0.717, 1.165) is 42.0 Å². The molecule has 0 aromatic heterocycles. The molecule has 0 amide bonds. The Morgan fingerprint density at radius 1 is 1.08 bits per heavy atom. The lowest BCUT2D eigenvalue weighted by molar-refractivity contribution is -0.125. The quantitative estimate of drug-likeness (QED) is 0.749. The van der Waals surface area contributed by atoms with Crippen molar-refractivity contribution in [1.82, 2.24) is 0 Å². The maximum Gasteiger partial charge on any atom is 0.138 e. The molecule has 1 saturated carbocycles. The molecule has 1 N–H and O–H groups in total. The van der Waals surface area contributed by atoms with Crippen molar-refractivity contribution in [2.45, 2.75) is 31.7 Å². The number of Topliss-reactive ketones (excluding diaryl/α,β-unsaturated/α-hetero) is 1. The van der Waals surface area contributed by atoms with Gasteiger partial charge in [-0.25, -0.2) is 0 Å². The SMILES string of the molecule is COc1ccc(OC)c([C@@H](Nc2ccc(Cl)cc2)[C@@H]2CCCCC2=O)c1. The second-order valence-corrected chi connectivity index (χ2v) is 6.99. The summed E-state index contributed by atoms with van der Waals surface area (Å²) in [6, 6.07) is 13.1. The fourth-order valence-electron chi connectivity index (χ4n) is 3.57. The van der Waals surface area contributed by atoms with Crippen LogP contribution in [0.25, 0.3) is 0 Å². The minimum absolute atomic E-state index is 0.0968. The van der Waals surface area contributed by atoms with Crippen molar-refractivity contribution in [3.05, 3.63) is 53.1 Å². The van der Waals surface area contributed by atoms with Crippen LogP contribution in [0.5, 0.6) is 11.5 Å². The first kappa shape index (κ1) is 18.6. The Kier molecular flexibility index (Phi) is 6.04. The number of rotatable bonds is 6. The van der Waals surface area contributed by atoms with E-state index in [1.807, 2.05) is 42.5 Å². The van der Waals surface area contributed by atoms with E-state index in [-0.39, 0.29) is 12.0 Å². The number of benzene rings is 2. The molecule has 1 aliphatic carbocycles. The van der Waals surface area contributed by atoms with Crippen molar-refractivity contribution >= 4 is 23.1 Å². The molecule has 0 saturated heterocycles. The average Bonchev–Trinajstić information content (AvgIpc) is 2.68. The monoisotopic (exact) mass is 373 g/mol. The second-order valence-electron chi connectivity index (χ2n) is 6.56. The molecule has 2 aromatic carbocycles. The minimum atomic E-state index is -0.186. The Morgan fingerprint density at radius 2 is 1.85 bits per heavy atom. The second kappa shape index (κ2) is 8.45. The van der Waals surface area contributed by atoms with Crippen molar-refractivity contribution in [2.75, 3.05) is 19.5 Å². The smallest absolute Gasteiger partial charge is 0.138 e. The van der Waals surface area contributed by atoms with Crippen molar-refractivity contribution in [3.63, 3.8) is 0 Å². The highest BCUT2D eigenvalue weighted by Gasteiger charge is 2.33. The standard InChI is InChI=1S/C21H24ClNO3/c1-25-16-11-12-20(26-2)18(13-16)21(17-5-3-4-6-19(17)24)23-15-9-7-14(22)8-10-15/h7-13,17,21,23H,3-6H2,1-2H3/t17-,21+/m1/s1. The summed E-state index contributed by atoms with van der Waals surface area (Å²) < 4.78 is 11.0. The molecule has 5 heteroatoms. The Morgan fingerprint density at radius 3 is 2.50 bits per heavy atom. The molecule has 1 aliphatic rings. The van der Waals surface area contributed by atoms with Crippen LogP contribution in [0.4, 0.5) is 5.69 Å². The predicted molar refractivity (Wildman–Crippen MR) is 104 cm³/mol. The normalized spacial score (nSPS) is 18.3. The van der Waals surface area contributed by atoms with Crippen LogP contribution in [-0.4, -0.2) is 20.0 Å². The van der Waals surface area contributed by atoms with Crippen LogP contribution in [0.3, 0.4) is 0 Å². The maximum atomic E-state index is 12.7. The summed E-state index contributed by atoms with van der Waals surface area (Å²) in [5.74, 6) is 1.69. The number of halogens is 1. The van der Waals surface area contributed by atoms with Gasteiger partial charge in [-0.2, -0.15) is 0 Å². The van der Waals surface area contributed by atoms with Crippen molar-refractivity contribution in [3.8, 4) is 11.5 Å². The van der Waals surface area contributed by atoms with Gasteiger partial charge in [0, 0.05) is 28.6 Å². The van der Waals surface area contributed by atoms with Crippen LogP contribution >= 0.6 is 11.6 Å². The number of ether oxygens (including phenoxy) is 2. The average molecular weight is 374 g/mol. The van der Waals surface area contributed by atoms with Gasteiger partial charge in [-0.1, -0.05) is 18.0 Å². The highest BCUT2D eigenvalue weighted by molar-refractivity contribution is 6.30. The Hall–Kier alpha value is -2.20. The predicted octanol–water partition coefficient (Wildman–Crippen LogP) is 5.27. The molecule has 26 heavy (non-hydrogen) atoms. The van der Waals surface area contributed by atoms with Gasteiger partial charge in [0.15, 0.2) is 0 Å². The molecule has 1 fully saturated rings. The molecule has 138 valence electrons. The van der Waals surface area contributed by atoms with Gasteiger partial charge in [-0.15, -0.1) is 0 Å². The lowest BCUT2D eigenvalue weighted by Gasteiger charge is -2.32. The topological polar surface area (TPSA) is 47.6 Å². The van der Waals surface area contributed by atoms with Crippen molar-refractivity contribution in [2.24, 2.45) is 5.92 Å². The summed E-state index contributed by atoms with van der Waals surface area (Å²) in [6.45, 7) is 0. The first-order valence-electron chi connectivity index (χ1n) is 8.89. The minimum Gasteiger partial charge on any atom is -0.497 e. The van der Waals surface area contributed by atoms with E-state index in [4.69, 9.17) is 21.1 Å². The van der Waals surface area contributed by atoms with E-state index in [9.17, 15) is 4.79 Å². The number of methoxy groups -OCH3 is 2. The zero-order valence-electron chi connectivity index (χ0n) is 15.1. The van der Waals surface area contributed by atoms with Crippen molar-refractivity contribution < 1.29 is 14.3 Å². The van der Waals surface area contributed by atoms with E-state index in [1.54, 1.807) is 14.2 Å². The number of anilines is 1. The summed E-state index contributed by atoms with van der Waals surface area (Å²) >= 11 is 6.01. The molecular formula is C21H24ClNO3. The van der Waals surface area contributed by atoms with Gasteiger partial charge in [0.05, 0.1) is 20.3 Å². The van der Waals surface area contributed by atoms with Crippen LogP contribution in [-0.2, 0) is 4.79 Å². The number of ketones is 1. The molecule has 4 nitrogen and oxygen atoms in total. The third kappa shape index (κ3) is 4.13. The zero-order chi connectivity index (χ0) is 18.5. The molecule has 0 heterocycles. The van der Waals surface area contributed by atoms with Gasteiger partial charge >= 0.3 is 0 Å². The lowest BCUT2D eigenvalue weighted by Crippen LogP contribution is -2.30. The van der Waals surface area contributed by atoms with Gasteiger partial charge in [-0.05, 0) is 55.3 Å². The summed E-state index contributed by atoms with van der Waals surface area (Å²) in [5, 5.41) is 4.21. The largest absolute Gasteiger partial charge is 0.497 e. The molecule has 0 aliphatic heterocycles. The maximum absolute atomic E-state index is 12.7. The van der Waals surface area contributed by atoms with Gasteiger partial charge in [0.1, 0.15) is 17.3 Å². The molecule has 0 radical (unpaired) electrons. The lowest BCUT2D eigenvalue weighted by atomic mass is 9.79. The van der Waals surface area contributed by atoms with Gasteiger partial charge in [0.2, 0.25) is 0 Å². The number of carbonyl (C=O) groups excluding carboxylic acids is 1. The van der Waals surface area contributed by atoms with Crippen LogP contribution in [0, 0.1) is 5.92 Å². The molecule has 3 rings (SSSR count). The van der Waals surface area contributed by atoms with Crippen molar-refractivity contribution in [1.29, 1.82) is 0 Å². The highest BCUT2D eigenvalue weighted by Crippen LogP contribution is 2.40. The summed E-state index contributed by atoms with van der Waals surface area (Å²) in [7, 11) is 3.28. The van der Waals surface area contributed by atoms with Gasteiger partial charge < -0.3 is 14.8 Å². The van der Waals surface area contributed by atoms with Gasteiger partial charge in [-0.3, -0.25) is 4.79 Å². The first-order chi connectivity index (χ1) is 12.6. The zero-order valence-corrected chi connectivity index (χ0v) is 15.9. The van der Waals surface area contributed by atoms with E-state index in [0.29, 0.717) is 17.2 Å². The number of hydrogen-bond acceptors (Lipinski definition) is 4. The highest BCUT2D eigenvalue weighted by atomic mass is 35.5. The third-order valence-corrected chi connectivity index (χ3v) is 5.19. The third-order valence-electron chi connectivity index (χ3n) is 4.94. The Labute approximate surface area is 159 Å². The number of carbonyl (C=O) groups is 1. The Bertz CT molecular complexity index is 760. The Balaban J connectivity index is 2.02. The first-order valence-corrected chi connectivity index (χ1v) is 9.27. The summed E-state index contributed by atoms with van der Waals surface area (Å²) in [4.78, 5) is 12.7. The molecule has 0 unspecified atom stereocenters. The van der Waals surface area contributed by atoms with E-state index >= 15 is 0 Å². The van der Waals surface area contributed by atoms with Gasteiger partial charge in [0.25, 0.3) is 0 Å². The van der Waals surface area contributed by atoms with E-state index in [1.165, 1.54) is 0 Å². The number of nitrogens with one attached hydrogen (secondary N) is 1. The number of hydrogen-bond donors (Lipinski definition) is 1. The fraction of sp³-hybridized carbons (Fsp3) is 0.381. The van der Waals surface area contributed by atoms with E-state index < -0.39 is 0 Å². The molecule has 0 spiro atoms. The van der Waals surface area contributed by atoms with Crippen LogP contribution in [0.2, 0.25) is 5.02 Å². The van der Waals surface area contributed by atoms with E-state index in [2.05, 4.69) is 5.32 Å². The molecule has 2 atom stereocenters. The van der Waals surface area contributed by atoms with Crippen LogP contribution in [0.1, 0.15) is 37.3 Å². The molecule has 0 bridgehead atoms. The van der Waals surface area contributed by atoms with Crippen LogP contribution < -0.4 is 14.8 Å². The van der Waals surface area contributed by atoms with Crippen LogP contribution in [0.15, 0.2) is 42.5 Å². The molecular weight excluding hydrogens is 350 g/mol. The fourth-order valence-corrected chi connectivity index (χ4v) is 3.69. The summed E-state index contributed by atoms with van der Waals surface area (Å²) in [5.41, 5.74) is 1.85.